The molecule has 0 radical (unpaired) electrons. The van der Waals surface area contributed by atoms with Gasteiger partial charge in [-0.1, -0.05) is 0 Å². The van der Waals surface area contributed by atoms with Gasteiger partial charge in [0.05, 0.1) is 0 Å². The first-order valence-electron chi connectivity index (χ1n) is 9.44. The Morgan fingerprint density at radius 1 is 0.794 bits per heavy atom. The predicted octanol–water partition coefficient (Wildman–Crippen LogP) is 7.13. The molecule has 2 aromatic carbocycles. The molecule has 0 N–H and O–H groups in total. The van der Waals surface area contributed by atoms with Gasteiger partial charge in [0.15, 0.2) is 0 Å². The summed E-state index contributed by atoms with van der Waals surface area (Å²) in [5.41, 5.74) is 0. The Bertz CT molecular complexity index is 1010. The van der Waals surface area contributed by atoms with Gasteiger partial charge in [-0.15, -0.1) is 0 Å². The summed E-state index contributed by atoms with van der Waals surface area (Å²) < 4.78 is 156. The second-order valence-corrected chi connectivity index (χ2v) is 13.4. The number of hydrogen-bond donors (Lipinski definition) is 0. The maximum atomic E-state index is 14.5. The van der Waals surface area contributed by atoms with E-state index >= 15 is 0 Å². The van der Waals surface area contributed by atoms with Gasteiger partial charge in [-0.2, -0.15) is 0 Å². The molecule has 0 fully saturated rings. The minimum atomic E-state index is -7.23. The third-order valence-corrected chi connectivity index (χ3v) is 11.8. The van der Waals surface area contributed by atoms with Gasteiger partial charge in [-0.05, 0) is 0 Å². The molecule has 0 saturated carbocycles. The molecule has 0 bridgehead atoms. The predicted molar refractivity (Wildman–Crippen MR) is 114 cm³/mol. The van der Waals surface area contributed by atoms with Crippen LogP contribution in [0.5, 0.6) is 0 Å². The first-order chi connectivity index (χ1) is 15.5. The Morgan fingerprint density at radius 2 is 1.21 bits per heavy atom. The molecule has 0 aliphatic carbocycles. The molecular formula is C20H18F9IO3S. The molecule has 0 aliphatic rings. The van der Waals surface area contributed by atoms with E-state index in [1.807, 2.05) is 0 Å². The monoisotopic (exact) mass is 636 g/mol. The van der Waals surface area contributed by atoms with Gasteiger partial charge in [0.1, 0.15) is 0 Å². The van der Waals surface area contributed by atoms with Crippen molar-refractivity contribution in [3.05, 3.63) is 67.8 Å². The number of rotatable bonds is 11. The van der Waals surface area contributed by atoms with Crippen molar-refractivity contribution in [2.75, 3.05) is 0 Å². The van der Waals surface area contributed by atoms with Crippen molar-refractivity contribution in [1.29, 1.82) is 0 Å². The Morgan fingerprint density at radius 3 is 1.59 bits per heavy atom. The number of hydrogen-bond acceptors (Lipinski definition) is 3. The van der Waals surface area contributed by atoms with Gasteiger partial charge >= 0.3 is 198 Å². The van der Waals surface area contributed by atoms with Crippen LogP contribution >= 0.6 is 20.2 Å². The molecule has 34 heavy (non-hydrogen) atoms. The van der Waals surface area contributed by atoms with Crippen molar-refractivity contribution in [3.63, 3.8) is 0 Å². The van der Waals surface area contributed by atoms with Crippen LogP contribution < -0.4 is 0 Å². The molecule has 0 heterocycles. The van der Waals surface area contributed by atoms with Crippen molar-refractivity contribution in [2.45, 2.75) is 49.0 Å². The fourth-order valence-electron chi connectivity index (χ4n) is 2.56. The Balaban J connectivity index is 2.54. The second-order valence-electron chi connectivity index (χ2n) is 6.90. The molecule has 192 valence electrons. The Labute approximate surface area is 197 Å². The van der Waals surface area contributed by atoms with Crippen molar-refractivity contribution in [2.24, 2.45) is 0 Å². The summed E-state index contributed by atoms with van der Waals surface area (Å²) in [6, 6.07) is 13.3. The summed E-state index contributed by atoms with van der Waals surface area (Å²) in [5.74, 6) is -20.6. The average Bonchev–Trinajstić information content (AvgIpc) is 2.78. The first kappa shape index (κ1) is 28.7. The summed E-state index contributed by atoms with van der Waals surface area (Å²) in [6.45, 7) is 1.06. The third-order valence-electron chi connectivity index (χ3n) is 4.44. The van der Waals surface area contributed by atoms with Crippen molar-refractivity contribution in [1.82, 2.24) is 0 Å². The van der Waals surface area contributed by atoms with E-state index in [0.717, 1.165) is 6.92 Å². The standard InChI is InChI=1S/C20H18F9IO3S/c1-2-9-16(21)17(22,23)18(24,25)19(26,27)20(28,29)34(31,32)33-30(14-10-5-3-6-11-14)15-12-7-4-8-13-15/h3-8,10-13,16H,2,9H2,1H3. The van der Waals surface area contributed by atoms with Gasteiger partial charge in [0.25, 0.3) is 0 Å². The van der Waals surface area contributed by atoms with Crippen molar-refractivity contribution in [3.8, 4) is 0 Å². The van der Waals surface area contributed by atoms with Gasteiger partial charge in [0, 0.05) is 0 Å². The van der Waals surface area contributed by atoms with E-state index < -0.39 is 72.4 Å². The first-order valence-corrected chi connectivity index (χ1v) is 13.9. The summed E-state index contributed by atoms with van der Waals surface area (Å²) >= 11 is -4.01. The van der Waals surface area contributed by atoms with Gasteiger partial charge in [0.2, 0.25) is 0 Å². The summed E-state index contributed by atoms with van der Waals surface area (Å²) in [6.07, 6.45) is -5.79. The average molecular weight is 636 g/mol. The van der Waals surface area contributed by atoms with Crippen LogP contribution in [0.25, 0.3) is 0 Å². The zero-order valence-electron chi connectivity index (χ0n) is 17.2. The molecule has 2 rings (SSSR count). The zero-order valence-corrected chi connectivity index (χ0v) is 20.2. The fraction of sp³-hybridized carbons (Fsp3) is 0.400. The summed E-state index contributed by atoms with van der Waals surface area (Å²) in [5, 5.41) is -6.84. The molecule has 0 amide bonds. The van der Waals surface area contributed by atoms with Gasteiger partial charge < -0.3 is 0 Å². The number of benzene rings is 2. The SMILES string of the molecule is CCCC(F)C(F)(F)C(F)(F)C(F)(F)C(F)(F)S(=O)(=O)OI(c1ccccc1)c1ccccc1. The molecule has 0 spiro atoms. The van der Waals surface area contributed by atoms with E-state index in [1.54, 1.807) is 0 Å². The van der Waals surface area contributed by atoms with Crippen molar-refractivity contribution < 1.29 is 50.4 Å². The number of halogens is 10. The van der Waals surface area contributed by atoms with Crippen molar-refractivity contribution >= 4 is 30.4 Å². The molecule has 0 aromatic heterocycles. The summed E-state index contributed by atoms with van der Waals surface area (Å²) in [7, 11) is -6.94. The van der Waals surface area contributed by atoms with E-state index in [9.17, 15) is 47.9 Å². The van der Waals surface area contributed by atoms with Crippen LogP contribution in [0.2, 0.25) is 0 Å². The van der Waals surface area contributed by atoms with Crippen LogP contribution in [0, 0.1) is 7.14 Å². The normalized spacial score (nSPS) is 15.2. The fourth-order valence-corrected chi connectivity index (χ4v) is 9.59. The Hall–Kier alpha value is -1.55. The quantitative estimate of drug-likeness (QED) is 0.195. The van der Waals surface area contributed by atoms with E-state index in [-0.39, 0.29) is 7.14 Å². The number of alkyl halides is 9. The van der Waals surface area contributed by atoms with Crippen LogP contribution in [-0.2, 0) is 12.6 Å². The maximum absolute atomic E-state index is 14.5. The molecule has 1 atom stereocenters. The van der Waals surface area contributed by atoms with E-state index in [2.05, 4.69) is 2.51 Å². The van der Waals surface area contributed by atoms with E-state index in [0.29, 0.717) is 0 Å². The second kappa shape index (κ2) is 10.2. The molecule has 14 heteroatoms. The van der Waals surface area contributed by atoms with E-state index in [1.165, 1.54) is 60.7 Å². The third kappa shape index (κ3) is 5.03. The topological polar surface area (TPSA) is 43.4 Å². The summed E-state index contributed by atoms with van der Waals surface area (Å²) in [4.78, 5) is 0. The van der Waals surface area contributed by atoms with Crippen LogP contribution in [0.1, 0.15) is 19.8 Å². The molecule has 0 saturated heterocycles. The molecular weight excluding hydrogens is 618 g/mol. The molecule has 1 unspecified atom stereocenters. The molecule has 0 aliphatic heterocycles. The van der Waals surface area contributed by atoms with E-state index in [4.69, 9.17) is 0 Å². The Kier molecular flexibility index (Phi) is 8.61. The van der Waals surface area contributed by atoms with Crippen LogP contribution in [0.4, 0.5) is 39.5 Å². The van der Waals surface area contributed by atoms with Crippen LogP contribution in [-0.4, -0.2) is 37.6 Å². The molecule has 3 nitrogen and oxygen atoms in total. The zero-order chi connectivity index (χ0) is 26.0. The van der Waals surface area contributed by atoms with Gasteiger partial charge in [-0.25, -0.2) is 0 Å². The van der Waals surface area contributed by atoms with Crippen LogP contribution in [0.15, 0.2) is 60.7 Å². The van der Waals surface area contributed by atoms with Gasteiger partial charge in [-0.3, -0.25) is 0 Å². The van der Waals surface area contributed by atoms with Crippen LogP contribution in [0.3, 0.4) is 0 Å². The molecule has 2 aromatic rings. The minimum absolute atomic E-state index is 0.00412.